The van der Waals surface area contributed by atoms with Gasteiger partial charge in [-0.25, -0.2) is 4.98 Å². The molecule has 2 aromatic heterocycles. The molecule has 2 aromatic carbocycles. The Morgan fingerprint density at radius 2 is 1.90 bits per heavy atom. The van der Waals surface area contributed by atoms with Gasteiger partial charge in [-0.1, -0.05) is 48.0 Å². The third-order valence-corrected chi connectivity index (χ3v) is 6.83. The van der Waals surface area contributed by atoms with Crippen LogP contribution in [0.5, 0.6) is 0 Å². The second-order valence-corrected chi connectivity index (χ2v) is 9.19. The summed E-state index contributed by atoms with van der Waals surface area (Å²) >= 11 is 1.54. The second kappa shape index (κ2) is 7.71. The van der Waals surface area contributed by atoms with Gasteiger partial charge in [-0.15, -0.1) is 11.3 Å². The van der Waals surface area contributed by atoms with Gasteiger partial charge >= 0.3 is 0 Å². The van der Waals surface area contributed by atoms with Crippen LogP contribution in [-0.4, -0.2) is 38.9 Å². The van der Waals surface area contributed by atoms with Crippen LogP contribution in [0, 0.1) is 19.3 Å². The lowest BCUT2D eigenvalue weighted by atomic mass is 10.1. The standard InChI is InChI=1S/C25H24N4OS/c1-15-7-9-17(10-8-15)23-16(2)31-25(28-23)22-21(30)14-29(24(22)26)12-11-18-13-27-20-6-4-3-5-19(18)20/h3-10,13,26-27,30H,11-12,14H2,1-2H3. The van der Waals surface area contributed by atoms with Gasteiger partial charge in [0.25, 0.3) is 0 Å². The summed E-state index contributed by atoms with van der Waals surface area (Å²) in [5.74, 6) is 0.578. The molecule has 0 saturated carbocycles. The molecule has 0 unspecified atom stereocenters. The Labute approximate surface area is 185 Å². The third kappa shape index (κ3) is 3.53. The Morgan fingerprint density at radius 3 is 2.71 bits per heavy atom. The number of amidine groups is 1. The van der Waals surface area contributed by atoms with E-state index in [0.29, 0.717) is 29.5 Å². The minimum absolute atomic E-state index is 0.230. The van der Waals surface area contributed by atoms with Crippen molar-refractivity contribution in [2.75, 3.05) is 13.1 Å². The van der Waals surface area contributed by atoms with Crippen molar-refractivity contribution >= 4 is 33.6 Å². The number of hydrogen-bond acceptors (Lipinski definition) is 4. The summed E-state index contributed by atoms with van der Waals surface area (Å²) in [6, 6.07) is 16.5. The molecule has 5 nitrogen and oxygen atoms in total. The molecule has 0 amide bonds. The van der Waals surface area contributed by atoms with Crippen LogP contribution < -0.4 is 0 Å². The van der Waals surface area contributed by atoms with Crippen molar-refractivity contribution in [1.29, 1.82) is 5.41 Å². The van der Waals surface area contributed by atoms with E-state index in [1.807, 2.05) is 30.2 Å². The largest absolute Gasteiger partial charge is 0.510 e. The zero-order valence-corrected chi connectivity index (χ0v) is 18.4. The minimum Gasteiger partial charge on any atom is -0.510 e. The monoisotopic (exact) mass is 428 g/mol. The number of H-pyrrole nitrogens is 1. The van der Waals surface area contributed by atoms with Crippen molar-refractivity contribution in [2.24, 2.45) is 0 Å². The van der Waals surface area contributed by atoms with Crippen LogP contribution in [0.1, 0.15) is 21.0 Å². The molecule has 0 atom stereocenters. The molecule has 1 aliphatic heterocycles. The SMILES string of the molecule is Cc1ccc(-c2nc(C3=C(O)CN(CCc4c[nH]c5ccccc45)C3=N)sc2C)cc1. The van der Waals surface area contributed by atoms with E-state index >= 15 is 0 Å². The first-order chi connectivity index (χ1) is 15.0. The van der Waals surface area contributed by atoms with E-state index < -0.39 is 0 Å². The van der Waals surface area contributed by atoms with Gasteiger partial charge in [-0.2, -0.15) is 0 Å². The van der Waals surface area contributed by atoms with Gasteiger partial charge in [0.05, 0.1) is 17.8 Å². The van der Waals surface area contributed by atoms with Crippen molar-refractivity contribution in [3.8, 4) is 11.3 Å². The molecule has 31 heavy (non-hydrogen) atoms. The van der Waals surface area contributed by atoms with Crippen molar-refractivity contribution in [2.45, 2.75) is 20.3 Å². The zero-order valence-electron chi connectivity index (χ0n) is 17.6. The van der Waals surface area contributed by atoms with Gasteiger partial charge in [-0.05, 0) is 31.9 Å². The summed E-state index contributed by atoms with van der Waals surface area (Å²) in [6.45, 7) is 5.14. The van der Waals surface area contributed by atoms with Crippen molar-refractivity contribution < 1.29 is 5.11 Å². The van der Waals surface area contributed by atoms with Crippen LogP contribution in [0.3, 0.4) is 0 Å². The molecule has 5 rings (SSSR count). The fourth-order valence-electron chi connectivity index (χ4n) is 4.13. The summed E-state index contributed by atoms with van der Waals surface area (Å²) in [4.78, 5) is 11.1. The number of para-hydroxylation sites is 1. The molecule has 1 aliphatic rings. The maximum Gasteiger partial charge on any atom is 0.135 e. The van der Waals surface area contributed by atoms with Crippen molar-refractivity contribution in [3.05, 3.63) is 81.5 Å². The van der Waals surface area contributed by atoms with Crippen LogP contribution in [0.2, 0.25) is 0 Å². The van der Waals surface area contributed by atoms with Crippen LogP contribution in [-0.2, 0) is 6.42 Å². The normalized spacial score (nSPS) is 14.3. The topological polar surface area (TPSA) is 76.0 Å². The van der Waals surface area contributed by atoms with E-state index in [-0.39, 0.29) is 5.76 Å². The van der Waals surface area contributed by atoms with Gasteiger partial charge in [0.1, 0.15) is 16.6 Å². The number of aliphatic hydroxyl groups excluding tert-OH is 1. The quantitative estimate of drug-likeness (QED) is 0.381. The number of rotatable bonds is 5. The average molecular weight is 429 g/mol. The minimum atomic E-state index is 0.230. The van der Waals surface area contributed by atoms with Gasteiger partial charge < -0.3 is 15.0 Å². The number of thiazole rings is 1. The second-order valence-electron chi connectivity index (χ2n) is 7.99. The smallest absolute Gasteiger partial charge is 0.135 e. The Hall–Kier alpha value is -3.38. The molecule has 0 fully saturated rings. The number of aryl methyl sites for hydroxylation is 2. The molecular weight excluding hydrogens is 404 g/mol. The predicted octanol–water partition coefficient (Wildman–Crippen LogP) is 5.71. The predicted molar refractivity (Wildman–Crippen MR) is 128 cm³/mol. The van der Waals surface area contributed by atoms with Crippen LogP contribution in [0.25, 0.3) is 27.7 Å². The van der Waals surface area contributed by atoms with E-state index in [9.17, 15) is 5.11 Å². The Balaban J connectivity index is 1.35. The number of nitrogens with zero attached hydrogens (tertiary/aromatic N) is 2. The lowest BCUT2D eigenvalue weighted by molar-refractivity contribution is 0.351. The third-order valence-electron chi connectivity index (χ3n) is 5.84. The Kier molecular flexibility index (Phi) is 4.87. The van der Waals surface area contributed by atoms with E-state index in [2.05, 4.69) is 48.3 Å². The lowest BCUT2D eigenvalue weighted by Crippen LogP contribution is -2.28. The Bertz CT molecular complexity index is 1310. The highest BCUT2D eigenvalue weighted by molar-refractivity contribution is 7.13. The molecule has 0 saturated heterocycles. The van der Waals surface area contributed by atoms with Crippen LogP contribution in [0.15, 0.2) is 60.5 Å². The van der Waals surface area contributed by atoms with Gasteiger partial charge in [0.15, 0.2) is 0 Å². The van der Waals surface area contributed by atoms with Crippen LogP contribution >= 0.6 is 11.3 Å². The number of aliphatic hydroxyl groups is 1. The number of benzene rings is 2. The highest BCUT2D eigenvalue weighted by atomic mass is 32.1. The van der Waals surface area contributed by atoms with Gasteiger partial charge in [-0.3, -0.25) is 5.41 Å². The van der Waals surface area contributed by atoms with E-state index in [1.54, 1.807) is 0 Å². The molecule has 0 radical (unpaired) electrons. The fourth-order valence-corrected chi connectivity index (χ4v) is 5.13. The number of aromatic amines is 1. The molecule has 3 N–H and O–H groups in total. The molecule has 6 heteroatoms. The Morgan fingerprint density at radius 1 is 1.13 bits per heavy atom. The maximum atomic E-state index is 10.7. The first kappa shape index (κ1) is 19.6. The van der Waals surface area contributed by atoms with Crippen molar-refractivity contribution in [1.82, 2.24) is 14.9 Å². The first-order valence-corrected chi connectivity index (χ1v) is 11.2. The molecule has 156 valence electrons. The zero-order chi connectivity index (χ0) is 21.5. The van der Waals surface area contributed by atoms with Crippen LogP contribution in [0.4, 0.5) is 0 Å². The molecule has 0 aliphatic carbocycles. The highest BCUT2D eigenvalue weighted by Crippen LogP contribution is 2.35. The van der Waals surface area contributed by atoms with Gasteiger partial charge in [0.2, 0.25) is 0 Å². The summed E-state index contributed by atoms with van der Waals surface area (Å²) in [5, 5.41) is 21.3. The number of hydrogen-bond donors (Lipinski definition) is 3. The number of aromatic nitrogens is 2. The molecule has 4 aromatic rings. The highest BCUT2D eigenvalue weighted by Gasteiger charge is 2.30. The summed E-state index contributed by atoms with van der Waals surface area (Å²) in [6.07, 6.45) is 2.84. The van der Waals surface area contributed by atoms with E-state index in [4.69, 9.17) is 10.4 Å². The molecule has 0 bridgehead atoms. The number of fused-ring (bicyclic) bond motifs is 1. The van der Waals surface area contributed by atoms with Crippen molar-refractivity contribution in [3.63, 3.8) is 0 Å². The average Bonchev–Trinajstić information content (AvgIpc) is 3.42. The summed E-state index contributed by atoms with van der Waals surface area (Å²) in [5.41, 5.74) is 6.10. The first-order valence-electron chi connectivity index (χ1n) is 10.4. The summed E-state index contributed by atoms with van der Waals surface area (Å²) in [7, 11) is 0. The fraction of sp³-hybridized carbons (Fsp3) is 0.200. The van der Waals surface area contributed by atoms with Gasteiger partial charge in [0, 0.05) is 34.1 Å². The van der Waals surface area contributed by atoms with E-state index in [1.165, 1.54) is 27.8 Å². The molecule has 0 spiro atoms. The maximum absolute atomic E-state index is 10.7. The summed E-state index contributed by atoms with van der Waals surface area (Å²) < 4.78 is 0. The molecule has 3 heterocycles. The molecular formula is C25H24N4OS. The lowest BCUT2D eigenvalue weighted by Gasteiger charge is -2.18. The number of nitrogens with one attached hydrogen (secondary N) is 2. The van der Waals surface area contributed by atoms with E-state index in [0.717, 1.165) is 28.1 Å².